The lowest BCUT2D eigenvalue weighted by molar-refractivity contribution is -0.165. The number of benzene rings is 1. The average Bonchev–Trinajstić information content (AvgIpc) is 2.85. The molecule has 7 heteroatoms. The van der Waals surface area contributed by atoms with Crippen molar-refractivity contribution < 1.29 is 30.0 Å². The van der Waals surface area contributed by atoms with Crippen LogP contribution in [0.2, 0.25) is 0 Å². The Kier molecular flexibility index (Phi) is 5.28. The molecule has 1 aromatic rings. The Labute approximate surface area is 109 Å². The molecule has 7 nitrogen and oxygen atoms in total. The van der Waals surface area contributed by atoms with Gasteiger partial charge in [-0.1, -0.05) is 18.2 Å². The Morgan fingerprint density at radius 1 is 1.05 bits per heavy atom. The molecule has 1 heterocycles. The van der Waals surface area contributed by atoms with Gasteiger partial charge in [0.25, 0.3) is 0 Å². The SMILES string of the molecule is O=C(O)C(O)C(O)C(=O)O.c1ccc2c(c1)CCN2. The number of carboxylic acids is 2. The van der Waals surface area contributed by atoms with Gasteiger partial charge in [0.05, 0.1) is 0 Å². The highest BCUT2D eigenvalue weighted by Crippen LogP contribution is 2.19. The summed E-state index contributed by atoms with van der Waals surface area (Å²) in [5, 5.41) is 35.8. The van der Waals surface area contributed by atoms with Crippen LogP contribution in [-0.2, 0) is 16.0 Å². The first-order valence-corrected chi connectivity index (χ1v) is 5.57. The molecule has 5 N–H and O–H groups in total. The molecule has 2 rings (SSSR count). The van der Waals surface area contributed by atoms with Gasteiger partial charge in [0, 0.05) is 12.2 Å². The molecule has 2 atom stereocenters. The van der Waals surface area contributed by atoms with E-state index in [1.807, 2.05) is 0 Å². The van der Waals surface area contributed by atoms with E-state index < -0.39 is 24.1 Å². The van der Waals surface area contributed by atoms with Crippen molar-refractivity contribution in [2.75, 3.05) is 11.9 Å². The molecule has 0 saturated carbocycles. The van der Waals surface area contributed by atoms with Gasteiger partial charge in [-0.3, -0.25) is 0 Å². The second kappa shape index (κ2) is 6.72. The maximum atomic E-state index is 9.77. The number of fused-ring (bicyclic) bond motifs is 1. The van der Waals surface area contributed by atoms with Crippen LogP contribution in [0.4, 0.5) is 5.69 Å². The summed E-state index contributed by atoms with van der Waals surface area (Å²) < 4.78 is 0. The highest BCUT2D eigenvalue weighted by Gasteiger charge is 2.29. The van der Waals surface area contributed by atoms with Crippen LogP contribution in [0.15, 0.2) is 24.3 Å². The smallest absolute Gasteiger partial charge is 0.335 e. The van der Waals surface area contributed by atoms with E-state index in [9.17, 15) is 9.59 Å². The quantitative estimate of drug-likeness (QED) is 0.502. The van der Waals surface area contributed by atoms with Crippen LogP contribution < -0.4 is 5.32 Å². The normalized spacial score (nSPS) is 15.3. The van der Waals surface area contributed by atoms with Gasteiger partial charge in [0.1, 0.15) is 0 Å². The Morgan fingerprint density at radius 2 is 1.58 bits per heavy atom. The van der Waals surface area contributed by atoms with E-state index in [0.717, 1.165) is 6.54 Å². The molecule has 0 aliphatic carbocycles. The summed E-state index contributed by atoms with van der Waals surface area (Å²) in [6.45, 7) is 1.11. The molecule has 2 unspecified atom stereocenters. The molecule has 0 spiro atoms. The molecule has 1 aliphatic heterocycles. The molecule has 1 aliphatic rings. The maximum absolute atomic E-state index is 9.77. The minimum absolute atomic E-state index is 1.11. The van der Waals surface area contributed by atoms with Crippen molar-refractivity contribution in [1.82, 2.24) is 0 Å². The minimum Gasteiger partial charge on any atom is -0.479 e. The van der Waals surface area contributed by atoms with E-state index in [1.165, 1.54) is 17.7 Å². The van der Waals surface area contributed by atoms with Gasteiger partial charge < -0.3 is 25.7 Å². The zero-order valence-electron chi connectivity index (χ0n) is 9.98. The highest BCUT2D eigenvalue weighted by atomic mass is 16.4. The fourth-order valence-corrected chi connectivity index (χ4v) is 1.51. The number of carboxylic acid groups (broad SMARTS) is 2. The molecular formula is C12H15NO6. The minimum atomic E-state index is -2.27. The third-order valence-electron chi connectivity index (χ3n) is 2.53. The van der Waals surface area contributed by atoms with Crippen molar-refractivity contribution in [3.05, 3.63) is 29.8 Å². The topological polar surface area (TPSA) is 127 Å². The number of hydrogen-bond acceptors (Lipinski definition) is 5. The number of aliphatic hydroxyl groups is 2. The van der Waals surface area contributed by atoms with Crippen molar-refractivity contribution >= 4 is 17.6 Å². The first-order chi connectivity index (χ1) is 8.93. The molecule has 104 valence electrons. The largest absolute Gasteiger partial charge is 0.479 e. The molecule has 0 saturated heterocycles. The standard InChI is InChI=1S/C8H9N.C4H6O6/c1-2-4-8-7(3-1)5-6-9-8;5-1(3(7)8)2(6)4(9)10/h1-4,9H,5-6H2;1-2,5-6H,(H,7,8)(H,9,10). The van der Waals surface area contributed by atoms with E-state index >= 15 is 0 Å². The highest BCUT2D eigenvalue weighted by molar-refractivity contribution is 5.83. The number of hydrogen-bond donors (Lipinski definition) is 5. The third kappa shape index (κ3) is 4.23. The number of para-hydroxylation sites is 1. The van der Waals surface area contributed by atoms with Crippen LogP contribution in [0.1, 0.15) is 5.56 Å². The van der Waals surface area contributed by atoms with Crippen molar-refractivity contribution in [3.63, 3.8) is 0 Å². The Hall–Kier alpha value is -2.12. The second-order valence-corrected chi connectivity index (χ2v) is 3.90. The van der Waals surface area contributed by atoms with Gasteiger partial charge in [-0.15, -0.1) is 0 Å². The fraction of sp³-hybridized carbons (Fsp3) is 0.333. The number of aliphatic carboxylic acids is 2. The molecule has 0 bridgehead atoms. The summed E-state index contributed by atoms with van der Waals surface area (Å²) in [4.78, 5) is 19.5. The number of anilines is 1. The Bertz CT molecular complexity index is 420. The third-order valence-corrected chi connectivity index (χ3v) is 2.53. The van der Waals surface area contributed by atoms with Crippen LogP contribution in [-0.4, -0.2) is 51.1 Å². The van der Waals surface area contributed by atoms with Gasteiger partial charge in [-0.05, 0) is 18.1 Å². The van der Waals surface area contributed by atoms with Crippen LogP contribution in [0.5, 0.6) is 0 Å². The van der Waals surface area contributed by atoms with Gasteiger partial charge >= 0.3 is 11.9 Å². The average molecular weight is 269 g/mol. The van der Waals surface area contributed by atoms with Crippen LogP contribution in [0.3, 0.4) is 0 Å². The lowest BCUT2D eigenvalue weighted by Crippen LogP contribution is -2.39. The van der Waals surface area contributed by atoms with Crippen molar-refractivity contribution in [1.29, 1.82) is 0 Å². The lowest BCUT2D eigenvalue weighted by atomic mass is 10.2. The van der Waals surface area contributed by atoms with Crippen molar-refractivity contribution in [2.45, 2.75) is 18.6 Å². The Morgan fingerprint density at radius 3 is 2.05 bits per heavy atom. The summed E-state index contributed by atoms with van der Waals surface area (Å²) >= 11 is 0. The second-order valence-electron chi connectivity index (χ2n) is 3.90. The number of carbonyl (C=O) groups is 2. The number of nitrogens with one attached hydrogen (secondary N) is 1. The van der Waals surface area contributed by atoms with E-state index in [-0.39, 0.29) is 0 Å². The molecule has 0 radical (unpaired) electrons. The van der Waals surface area contributed by atoms with Gasteiger partial charge in [-0.2, -0.15) is 0 Å². The van der Waals surface area contributed by atoms with Crippen molar-refractivity contribution in [2.24, 2.45) is 0 Å². The predicted molar refractivity (Wildman–Crippen MR) is 65.9 cm³/mol. The first-order valence-electron chi connectivity index (χ1n) is 5.57. The molecule has 0 aromatic heterocycles. The van der Waals surface area contributed by atoms with E-state index in [0.29, 0.717) is 0 Å². The monoisotopic (exact) mass is 269 g/mol. The van der Waals surface area contributed by atoms with E-state index in [4.69, 9.17) is 20.4 Å². The Balaban J connectivity index is 0.000000190. The molecule has 1 aromatic carbocycles. The number of aliphatic hydroxyl groups excluding tert-OH is 2. The van der Waals surface area contributed by atoms with Gasteiger partial charge in [-0.25, -0.2) is 9.59 Å². The molecule has 0 fully saturated rings. The van der Waals surface area contributed by atoms with Crippen LogP contribution >= 0.6 is 0 Å². The molecule has 0 amide bonds. The van der Waals surface area contributed by atoms with E-state index in [2.05, 4.69) is 29.6 Å². The molecular weight excluding hydrogens is 254 g/mol. The van der Waals surface area contributed by atoms with Crippen molar-refractivity contribution in [3.8, 4) is 0 Å². The summed E-state index contributed by atoms with van der Waals surface area (Å²) in [7, 11) is 0. The van der Waals surface area contributed by atoms with Gasteiger partial charge in [0.2, 0.25) is 0 Å². The first kappa shape index (κ1) is 14.9. The predicted octanol–water partition coefficient (Wildman–Crippen LogP) is -0.468. The summed E-state index contributed by atoms with van der Waals surface area (Å²) in [5.41, 5.74) is 2.77. The maximum Gasteiger partial charge on any atom is 0.335 e. The van der Waals surface area contributed by atoms with Crippen LogP contribution in [0, 0.1) is 0 Å². The lowest BCUT2D eigenvalue weighted by Gasteiger charge is -2.07. The fourth-order valence-electron chi connectivity index (χ4n) is 1.51. The number of rotatable bonds is 3. The van der Waals surface area contributed by atoms with Crippen LogP contribution in [0.25, 0.3) is 0 Å². The zero-order valence-corrected chi connectivity index (χ0v) is 9.98. The zero-order chi connectivity index (χ0) is 14.4. The summed E-state index contributed by atoms with van der Waals surface area (Å²) in [5.74, 6) is -3.54. The van der Waals surface area contributed by atoms with E-state index in [1.54, 1.807) is 0 Å². The molecule has 19 heavy (non-hydrogen) atoms. The van der Waals surface area contributed by atoms with Gasteiger partial charge in [0.15, 0.2) is 12.2 Å². The summed E-state index contributed by atoms with van der Waals surface area (Å²) in [6.07, 6.45) is -3.34. The summed E-state index contributed by atoms with van der Waals surface area (Å²) in [6, 6.07) is 8.46.